The van der Waals surface area contributed by atoms with Gasteiger partial charge in [-0.2, -0.15) is 0 Å². The van der Waals surface area contributed by atoms with Crippen molar-refractivity contribution >= 4 is 11.2 Å². The number of benzene rings is 1. The van der Waals surface area contributed by atoms with Crippen LogP contribution in [0, 0.1) is 5.92 Å². The minimum Gasteiger partial charge on any atom is -0.386 e. The molecule has 2 heterocycles. The predicted octanol–water partition coefficient (Wildman–Crippen LogP) is 2.56. The first-order valence-corrected chi connectivity index (χ1v) is 7.04. The third kappa shape index (κ3) is 2.64. The number of aliphatic hydroxyl groups is 1. The molecular formula is C16H18N4O. The van der Waals surface area contributed by atoms with Crippen LogP contribution in [0.3, 0.4) is 0 Å². The van der Waals surface area contributed by atoms with E-state index in [1.54, 1.807) is 6.33 Å². The summed E-state index contributed by atoms with van der Waals surface area (Å²) in [4.78, 5) is 12.9. The Balaban J connectivity index is 2.01. The van der Waals surface area contributed by atoms with Crippen molar-refractivity contribution in [3.8, 4) is 0 Å². The SMILES string of the molecule is CC(C)C(O)c1ncnc2c1ncn2Cc1ccccc1. The van der Waals surface area contributed by atoms with Crippen molar-refractivity contribution in [1.82, 2.24) is 19.5 Å². The summed E-state index contributed by atoms with van der Waals surface area (Å²) in [7, 11) is 0. The molecular weight excluding hydrogens is 264 g/mol. The van der Waals surface area contributed by atoms with Crippen LogP contribution in [0.4, 0.5) is 0 Å². The number of rotatable bonds is 4. The molecule has 1 N–H and O–H groups in total. The van der Waals surface area contributed by atoms with Gasteiger partial charge >= 0.3 is 0 Å². The average molecular weight is 282 g/mol. The van der Waals surface area contributed by atoms with Gasteiger partial charge in [0.1, 0.15) is 23.6 Å². The molecule has 1 atom stereocenters. The monoisotopic (exact) mass is 282 g/mol. The molecule has 0 radical (unpaired) electrons. The Labute approximate surface area is 123 Å². The van der Waals surface area contributed by atoms with Crippen molar-refractivity contribution < 1.29 is 5.11 Å². The van der Waals surface area contributed by atoms with E-state index in [2.05, 4.69) is 27.1 Å². The van der Waals surface area contributed by atoms with Gasteiger partial charge in [-0.25, -0.2) is 15.0 Å². The molecule has 5 heteroatoms. The maximum Gasteiger partial charge on any atom is 0.163 e. The topological polar surface area (TPSA) is 63.8 Å². The quantitative estimate of drug-likeness (QED) is 0.798. The lowest BCUT2D eigenvalue weighted by Crippen LogP contribution is -2.09. The first-order chi connectivity index (χ1) is 10.2. The maximum absolute atomic E-state index is 10.3. The van der Waals surface area contributed by atoms with Crippen molar-refractivity contribution in [3.05, 3.63) is 54.2 Å². The summed E-state index contributed by atoms with van der Waals surface area (Å²) in [5, 5.41) is 10.3. The maximum atomic E-state index is 10.3. The molecule has 3 rings (SSSR count). The summed E-state index contributed by atoms with van der Waals surface area (Å²) in [5.74, 6) is 0.0855. The van der Waals surface area contributed by atoms with Crippen LogP contribution in [0.5, 0.6) is 0 Å². The molecule has 2 aromatic heterocycles. The lowest BCUT2D eigenvalue weighted by Gasteiger charge is -2.13. The second kappa shape index (κ2) is 5.61. The molecule has 0 spiro atoms. The van der Waals surface area contributed by atoms with Crippen LogP contribution < -0.4 is 0 Å². The minimum atomic E-state index is -0.629. The smallest absolute Gasteiger partial charge is 0.163 e. The molecule has 0 aliphatic rings. The van der Waals surface area contributed by atoms with Crippen molar-refractivity contribution in [2.24, 2.45) is 5.92 Å². The molecule has 0 aliphatic carbocycles. The van der Waals surface area contributed by atoms with Gasteiger partial charge in [-0.1, -0.05) is 44.2 Å². The third-order valence-corrected chi connectivity index (χ3v) is 3.54. The summed E-state index contributed by atoms with van der Waals surface area (Å²) >= 11 is 0. The van der Waals surface area contributed by atoms with Crippen LogP contribution in [0.2, 0.25) is 0 Å². The van der Waals surface area contributed by atoms with Crippen LogP contribution in [0.25, 0.3) is 11.2 Å². The van der Waals surface area contributed by atoms with Gasteiger partial charge in [-0.15, -0.1) is 0 Å². The summed E-state index contributed by atoms with van der Waals surface area (Å²) in [6.45, 7) is 4.62. The first-order valence-electron chi connectivity index (χ1n) is 7.04. The average Bonchev–Trinajstić information content (AvgIpc) is 2.90. The van der Waals surface area contributed by atoms with E-state index in [0.717, 1.165) is 5.65 Å². The largest absolute Gasteiger partial charge is 0.386 e. The zero-order valence-electron chi connectivity index (χ0n) is 12.1. The highest BCUT2D eigenvalue weighted by Gasteiger charge is 2.19. The zero-order chi connectivity index (χ0) is 14.8. The highest BCUT2D eigenvalue weighted by atomic mass is 16.3. The number of aliphatic hydroxyl groups excluding tert-OH is 1. The van der Waals surface area contributed by atoms with Crippen molar-refractivity contribution in [2.75, 3.05) is 0 Å². The number of hydrogen-bond donors (Lipinski definition) is 1. The molecule has 3 aromatic rings. The van der Waals surface area contributed by atoms with E-state index < -0.39 is 6.10 Å². The van der Waals surface area contributed by atoms with Gasteiger partial charge in [-0.05, 0) is 11.5 Å². The first kappa shape index (κ1) is 13.7. The lowest BCUT2D eigenvalue weighted by atomic mass is 10.0. The fraction of sp³-hybridized carbons (Fsp3) is 0.312. The molecule has 0 saturated heterocycles. The van der Waals surface area contributed by atoms with Gasteiger partial charge in [-0.3, -0.25) is 0 Å². The van der Waals surface area contributed by atoms with Gasteiger partial charge in [0, 0.05) is 0 Å². The Bertz CT molecular complexity index is 736. The number of fused-ring (bicyclic) bond motifs is 1. The van der Waals surface area contributed by atoms with Gasteiger partial charge < -0.3 is 9.67 Å². The second-order valence-electron chi connectivity index (χ2n) is 5.48. The summed E-state index contributed by atoms with van der Waals surface area (Å²) in [5.41, 5.74) is 3.21. The summed E-state index contributed by atoms with van der Waals surface area (Å²) < 4.78 is 1.98. The van der Waals surface area contributed by atoms with Gasteiger partial charge in [0.15, 0.2) is 5.65 Å². The number of imidazole rings is 1. The van der Waals surface area contributed by atoms with Gasteiger partial charge in [0.2, 0.25) is 0 Å². The van der Waals surface area contributed by atoms with E-state index in [1.807, 2.05) is 36.6 Å². The highest BCUT2D eigenvalue weighted by Crippen LogP contribution is 2.25. The Hall–Kier alpha value is -2.27. The zero-order valence-corrected chi connectivity index (χ0v) is 12.1. The Morgan fingerprint density at radius 3 is 2.57 bits per heavy atom. The second-order valence-corrected chi connectivity index (χ2v) is 5.48. The fourth-order valence-corrected chi connectivity index (χ4v) is 2.33. The van der Waals surface area contributed by atoms with Crippen LogP contribution in [0.15, 0.2) is 43.0 Å². The van der Waals surface area contributed by atoms with Crippen LogP contribution in [-0.4, -0.2) is 24.6 Å². The van der Waals surface area contributed by atoms with Crippen molar-refractivity contribution in [2.45, 2.75) is 26.5 Å². The Kier molecular flexibility index (Phi) is 3.66. The molecule has 0 amide bonds. The number of nitrogens with zero attached hydrogens (tertiary/aromatic N) is 4. The minimum absolute atomic E-state index is 0.0855. The third-order valence-electron chi connectivity index (χ3n) is 3.54. The van der Waals surface area contributed by atoms with Gasteiger partial charge in [0.25, 0.3) is 0 Å². The van der Waals surface area contributed by atoms with E-state index in [9.17, 15) is 5.11 Å². The molecule has 1 aromatic carbocycles. The van der Waals surface area contributed by atoms with E-state index in [-0.39, 0.29) is 5.92 Å². The summed E-state index contributed by atoms with van der Waals surface area (Å²) in [6, 6.07) is 10.2. The van der Waals surface area contributed by atoms with Crippen LogP contribution >= 0.6 is 0 Å². The molecule has 0 aliphatic heterocycles. The summed E-state index contributed by atoms with van der Waals surface area (Å²) in [6.07, 6.45) is 2.62. The highest BCUT2D eigenvalue weighted by molar-refractivity contribution is 5.73. The molecule has 108 valence electrons. The fourth-order valence-electron chi connectivity index (χ4n) is 2.33. The molecule has 21 heavy (non-hydrogen) atoms. The van der Waals surface area contributed by atoms with E-state index >= 15 is 0 Å². The van der Waals surface area contributed by atoms with Crippen LogP contribution in [-0.2, 0) is 6.54 Å². The molecule has 5 nitrogen and oxygen atoms in total. The van der Waals surface area contributed by atoms with Gasteiger partial charge in [0.05, 0.1) is 12.9 Å². The Morgan fingerprint density at radius 2 is 1.86 bits per heavy atom. The molecule has 1 unspecified atom stereocenters. The Morgan fingerprint density at radius 1 is 1.10 bits per heavy atom. The molecule has 0 fully saturated rings. The lowest BCUT2D eigenvalue weighted by molar-refractivity contribution is 0.124. The van der Waals surface area contributed by atoms with Crippen LogP contribution in [0.1, 0.15) is 31.2 Å². The van der Waals surface area contributed by atoms with E-state index in [4.69, 9.17) is 0 Å². The normalized spacial score (nSPS) is 13.0. The standard InChI is InChI=1S/C16H18N4O/c1-11(2)15(21)13-14-16(18-9-17-13)20(10-19-14)8-12-6-4-3-5-7-12/h3-7,9-11,15,21H,8H2,1-2H3. The van der Waals surface area contributed by atoms with Crippen molar-refractivity contribution in [1.29, 1.82) is 0 Å². The molecule has 0 saturated carbocycles. The van der Waals surface area contributed by atoms with E-state index in [1.165, 1.54) is 11.9 Å². The predicted molar refractivity (Wildman–Crippen MR) is 80.7 cm³/mol. The van der Waals surface area contributed by atoms with E-state index in [0.29, 0.717) is 17.8 Å². The number of hydrogen-bond acceptors (Lipinski definition) is 4. The number of aromatic nitrogens is 4. The molecule has 0 bridgehead atoms. The van der Waals surface area contributed by atoms with Crippen molar-refractivity contribution in [3.63, 3.8) is 0 Å².